The molecule has 3 aromatic rings. The van der Waals surface area contributed by atoms with Gasteiger partial charge < -0.3 is 4.90 Å². The van der Waals surface area contributed by atoms with Gasteiger partial charge in [-0.05, 0) is 55.2 Å². The fraction of sp³-hybridized carbons (Fsp3) is 0.233. The van der Waals surface area contributed by atoms with Crippen LogP contribution in [0.25, 0.3) is 0 Å². The summed E-state index contributed by atoms with van der Waals surface area (Å²) in [6.45, 7) is 1.98. The summed E-state index contributed by atoms with van der Waals surface area (Å²) in [4.78, 5) is 6.09. The third kappa shape index (κ3) is 6.81. The van der Waals surface area contributed by atoms with E-state index >= 15 is 0 Å². The molecule has 0 saturated heterocycles. The second kappa shape index (κ2) is 12.2. The number of hydrogen-bond donors (Lipinski definition) is 0. The van der Waals surface area contributed by atoms with Gasteiger partial charge in [-0.2, -0.15) is 26.3 Å². The zero-order valence-electron chi connectivity index (χ0n) is 21.9. The van der Waals surface area contributed by atoms with Crippen molar-refractivity contribution >= 4 is 41.1 Å². The summed E-state index contributed by atoms with van der Waals surface area (Å²) >= 11 is 1.16. The van der Waals surface area contributed by atoms with Gasteiger partial charge in [-0.15, -0.1) is 0 Å². The maximum absolute atomic E-state index is 13.4. The summed E-state index contributed by atoms with van der Waals surface area (Å²) in [6.07, 6.45) is -1.98. The molecule has 0 fully saturated rings. The quantitative estimate of drug-likeness (QED) is 0.123. The highest BCUT2D eigenvalue weighted by Crippen LogP contribution is 2.50. The van der Waals surface area contributed by atoms with Gasteiger partial charge in [0, 0.05) is 19.0 Å². The highest BCUT2D eigenvalue weighted by atomic mass is 32.2. The smallest absolute Gasteiger partial charge is 0.351 e. The van der Waals surface area contributed by atoms with Crippen LogP contribution in [0.5, 0.6) is 0 Å². The zero-order chi connectivity index (χ0) is 29.1. The number of alkyl halides is 6. The van der Waals surface area contributed by atoms with Gasteiger partial charge in [0.25, 0.3) is 0 Å². The van der Waals surface area contributed by atoms with E-state index in [0.717, 1.165) is 11.8 Å². The Kier molecular flexibility index (Phi) is 9.16. The molecule has 0 radical (unpaired) electrons. The number of nitrogens with zero attached hydrogens (tertiary/aromatic N) is 2. The number of halogens is 6. The van der Waals surface area contributed by atoms with Gasteiger partial charge in [-0.25, -0.2) is 4.99 Å². The standard InChI is InChI=1S/C30H27F6N2PS/c1-20(26-15-10-16-27(26)39(24-11-6-4-7-12-24)25-13-8-5-9-14-25)38(2)28(40-3)37-23-18-21(29(31,32)33)17-22(19-23)30(34,35)36/h4-20,26H,1-3H3/t20-,26?/m0/s1. The molecule has 3 aromatic carbocycles. The molecule has 2 nitrogen and oxygen atoms in total. The van der Waals surface area contributed by atoms with Crippen molar-refractivity contribution in [2.45, 2.75) is 25.3 Å². The molecule has 0 aromatic heterocycles. The third-order valence-corrected chi connectivity index (χ3v) is 9.96. The van der Waals surface area contributed by atoms with Crippen molar-refractivity contribution in [3.63, 3.8) is 0 Å². The topological polar surface area (TPSA) is 15.6 Å². The van der Waals surface area contributed by atoms with Gasteiger partial charge in [0.2, 0.25) is 0 Å². The van der Waals surface area contributed by atoms with E-state index in [-0.39, 0.29) is 18.0 Å². The van der Waals surface area contributed by atoms with Crippen LogP contribution < -0.4 is 10.6 Å². The highest BCUT2D eigenvalue weighted by Gasteiger charge is 2.37. The minimum atomic E-state index is -4.94. The minimum absolute atomic E-state index is 0.0545. The van der Waals surface area contributed by atoms with Crippen molar-refractivity contribution in [2.75, 3.05) is 13.3 Å². The van der Waals surface area contributed by atoms with Crippen LogP contribution in [0.4, 0.5) is 32.0 Å². The molecule has 10 heteroatoms. The zero-order valence-corrected chi connectivity index (χ0v) is 23.6. The number of allylic oxidation sites excluding steroid dienone is 2. The molecule has 4 rings (SSSR count). The lowest BCUT2D eigenvalue weighted by molar-refractivity contribution is -0.143. The van der Waals surface area contributed by atoms with Crippen molar-refractivity contribution in [2.24, 2.45) is 10.9 Å². The predicted molar refractivity (Wildman–Crippen MR) is 154 cm³/mol. The molecule has 210 valence electrons. The summed E-state index contributed by atoms with van der Waals surface area (Å²) in [7, 11) is 0.880. The lowest BCUT2D eigenvalue weighted by Crippen LogP contribution is -2.38. The molecule has 2 atom stereocenters. The Morgan fingerprint density at radius 2 is 1.35 bits per heavy atom. The Morgan fingerprint density at radius 1 is 0.850 bits per heavy atom. The van der Waals surface area contributed by atoms with Gasteiger partial charge in [0.1, 0.15) is 0 Å². The van der Waals surface area contributed by atoms with Gasteiger partial charge in [0.15, 0.2) is 5.17 Å². The van der Waals surface area contributed by atoms with E-state index in [4.69, 9.17) is 0 Å². The van der Waals surface area contributed by atoms with Crippen LogP contribution >= 0.6 is 19.7 Å². The van der Waals surface area contributed by atoms with Crippen molar-refractivity contribution < 1.29 is 26.3 Å². The SMILES string of the molecule is CSC(=Nc1cc(C(F)(F)F)cc(C(F)(F)F)c1)N(C)[C@@H](C)C1C=CC=C1P(c1ccccc1)c1ccccc1. The van der Waals surface area contributed by atoms with Crippen LogP contribution in [-0.4, -0.2) is 29.4 Å². The van der Waals surface area contributed by atoms with Crippen LogP contribution in [-0.2, 0) is 12.4 Å². The van der Waals surface area contributed by atoms with E-state index in [1.807, 2.05) is 54.3 Å². The van der Waals surface area contributed by atoms with Gasteiger partial charge in [-0.3, -0.25) is 0 Å². The normalized spacial score (nSPS) is 16.8. The Balaban J connectivity index is 1.69. The van der Waals surface area contributed by atoms with Gasteiger partial charge >= 0.3 is 12.4 Å². The average Bonchev–Trinajstić information content (AvgIpc) is 3.40. The number of hydrogen-bond acceptors (Lipinski definition) is 2. The summed E-state index contributed by atoms with van der Waals surface area (Å²) in [6, 6.07) is 21.6. The van der Waals surface area contributed by atoms with Crippen LogP contribution in [0.1, 0.15) is 18.1 Å². The van der Waals surface area contributed by atoms with E-state index in [2.05, 4.69) is 41.4 Å². The molecule has 0 heterocycles. The van der Waals surface area contributed by atoms with E-state index in [1.54, 1.807) is 13.3 Å². The number of benzene rings is 3. The Bertz CT molecular complexity index is 1330. The molecule has 40 heavy (non-hydrogen) atoms. The summed E-state index contributed by atoms with van der Waals surface area (Å²) < 4.78 is 80.4. The number of aliphatic imine (C=N–C) groups is 1. The van der Waals surface area contributed by atoms with Crippen molar-refractivity contribution in [3.8, 4) is 0 Å². The first-order valence-electron chi connectivity index (χ1n) is 12.3. The third-order valence-electron chi connectivity index (χ3n) is 6.63. The maximum Gasteiger partial charge on any atom is 0.416 e. The molecule has 1 unspecified atom stereocenters. The average molecular weight is 593 g/mol. The molecular weight excluding hydrogens is 565 g/mol. The first-order valence-corrected chi connectivity index (χ1v) is 14.9. The number of rotatable bonds is 6. The molecular formula is C30H27F6N2PS. The molecule has 0 N–H and O–H groups in total. The first-order chi connectivity index (χ1) is 18.9. The lowest BCUT2D eigenvalue weighted by Gasteiger charge is -2.35. The summed E-state index contributed by atoms with van der Waals surface area (Å²) in [5.74, 6) is -0.0545. The fourth-order valence-corrected chi connectivity index (χ4v) is 7.83. The maximum atomic E-state index is 13.4. The van der Waals surface area contributed by atoms with Crippen molar-refractivity contribution in [1.29, 1.82) is 0 Å². The van der Waals surface area contributed by atoms with E-state index < -0.39 is 37.1 Å². The van der Waals surface area contributed by atoms with Crippen LogP contribution in [0, 0.1) is 5.92 Å². The highest BCUT2D eigenvalue weighted by molar-refractivity contribution is 8.13. The van der Waals surface area contributed by atoms with Crippen molar-refractivity contribution in [1.82, 2.24) is 4.90 Å². The van der Waals surface area contributed by atoms with Gasteiger partial charge in [0.05, 0.1) is 16.8 Å². The van der Waals surface area contributed by atoms with Crippen LogP contribution in [0.15, 0.2) is 107 Å². The largest absolute Gasteiger partial charge is 0.416 e. The molecule has 1 aliphatic rings. The number of thioether (sulfide) groups is 1. The van der Waals surface area contributed by atoms with E-state index in [1.165, 1.54) is 15.9 Å². The molecule has 0 saturated carbocycles. The second-order valence-electron chi connectivity index (χ2n) is 9.22. The van der Waals surface area contributed by atoms with E-state index in [9.17, 15) is 26.3 Å². The molecule has 0 aliphatic heterocycles. The summed E-state index contributed by atoms with van der Waals surface area (Å²) in [5.41, 5.74) is -3.19. The molecule has 0 bridgehead atoms. The van der Waals surface area contributed by atoms with Crippen molar-refractivity contribution in [3.05, 3.63) is 114 Å². The van der Waals surface area contributed by atoms with Crippen LogP contribution in [0.3, 0.4) is 0 Å². The Labute approximate surface area is 235 Å². The predicted octanol–water partition coefficient (Wildman–Crippen LogP) is 8.60. The molecule has 1 aliphatic carbocycles. The Hall–Kier alpha value is -3.03. The van der Waals surface area contributed by atoms with Crippen LogP contribution in [0.2, 0.25) is 0 Å². The van der Waals surface area contributed by atoms with Gasteiger partial charge in [-0.1, -0.05) is 90.7 Å². The number of amidine groups is 1. The monoisotopic (exact) mass is 592 g/mol. The second-order valence-corrected chi connectivity index (χ2v) is 12.2. The summed E-state index contributed by atoms with van der Waals surface area (Å²) in [5, 5.41) is 3.87. The fourth-order valence-electron chi connectivity index (χ4n) is 4.51. The Morgan fingerprint density at radius 3 is 1.80 bits per heavy atom. The first kappa shape index (κ1) is 29.9. The lowest BCUT2D eigenvalue weighted by atomic mass is 10.0. The molecule has 0 amide bonds. The minimum Gasteiger partial charge on any atom is -0.351 e. The van der Waals surface area contributed by atoms with E-state index in [0.29, 0.717) is 17.3 Å². The molecule has 0 spiro atoms.